The van der Waals surface area contributed by atoms with Gasteiger partial charge in [0.25, 0.3) is 0 Å². The van der Waals surface area contributed by atoms with E-state index in [1.54, 1.807) is 14.2 Å². The molecule has 3 heteroatoms. The van der Waals surface area contributed by atoms with Gasteiger partial charge in [-0.15, -0.1) is 0 Å². The molecule has 0 rings (SSSR count). The van der Waals surface area contributed by atoms with E-state index in [-0.39, 0.29) is 10.6 Å². The molecule has 0 heterocycles. The maximum Gasteiger partial charge on any atom is 0.171 e. The second-order valence-corrected chi connectivity index (χ2v) is 4.41. The lowest BCUT2D eigenvalue weighted by atomic mass is 10.2. The van der Waals surface area contributed by atoms with Crippen LogP contribution in [0.4, 0.5) is 0 Å². The molecular weight excluding hydrogens is 184 g/mol. The van der Waals surface area contributed by atoms with Gasteiger partial charge in [0.1, 0.15) is 0 Å². The van der Waals surface area contributed by atoms with Crippen molar-refractivity contribution in [2.75, 3.05) is 14.2 Å². The van der Waals surface area contributed by atoms with Crippen LogP contribution in [0.25, 0.3) is 0 Å². The van der Waals surface area contributed by atoms with Crippen LogP contribution in [0.2, 0.25) is 0 Å². The van der Waals surface area contributed by atoms with Crippen molar-refractivity contribution < 1.29 is 9.47 Å². The molecule has 2 nitrogen and oxygen atoms in total. The first-order valence-corrected chi connectivity index (χ1v) is 3.56. The van der Waals surface area contributed by atoms with Crippen LogP contribution >= 0.6 is 15.9 Å². The minimum absolute atomic E-state index is 0.115. The predicted molar refractivity (Wildman–Crippen MR) is 40.8 cm³/mol. The Hall–Kier alpha value is 0.400. The normalized spacial score (nSPS) is 12.7. The monoisotopic (exact) mass is 196 g/mol. The molecule has 0 aliphatic rings. The molecule has 9 heavy (non-hydrogen) atoms. The summed E-state index contributed by atoms with van der Waals surface area (Å²) in [6.45, 7) is 3.98. The van der Waals surface area contributed by atoms with Crippen molar-refractivity contribution in [3.05, 3.63) is 0 Å². The Labute approximate surface area is 64.7 Å². The second-order valence-electron chi connectivity index (χ2n) is 2.37. The topological polar surface area (TPSA) is 18.5 Å². The van der Waals surface area contributed by atoms with Crippen molar-refractivity contribution in [1.82, 2.24) is 0 Å². The molecule has 0 bridgehead atoms. The summed E-state index contributed by atoms with van der Waals surface area (Å²) in [4.78, 5) is 0. The molecule has 0 radical (unpaired) electrons. The van der Waals surface area contributed by atoms with Crippen LogP contribution in [0.1, 0.15) is 13.8 Å². The number of alkyl halides is 1. The lowest BCUT2D eigenvalue weighted by Gasteiger charge is -2.25. The Kier molecular flexibility index (Phi) is 3.70. The highest BCUT2D eigenvalue weighted by molar-refractivity contribution is 9.10. The summed E-state index contributed by atoms with van der Waals surface area (Å²) in [5.41, 5.74) is 0. The van der Waals surface area contributed by atoms with Crippen LogP contribution in [0.15, 0.2) is 0 Å². The molecule has 0 aliphatic heterocycles. The average Bonchev–Trinajstić information content (AvgIpc) is 1.65. The number of halogens is 1. The predicted octanol–water partition coefficient (Wildman–Crippen LogP) is 1.78. The highest BCUT2D eigenvalue weighted by Gasteiger charge is 2.25. The summed E-state index contributed by atoms with van der Waals surface area (Å²) < 4.78 is 9.88. The van der Waals surface area contributed by atoms with Crippen molar-refractivity contribution in [3.63, 3.8) is 0 Å². The fourth-order valence-corrected chi connectivity index (χ4v) is 1.03. The zero-order valence-electron chi connectivity index (χ0n) is 6.27. The van der Waals surface area contributed by atoms with Gasteiger partial charge in [-0.1, -0.05) is 15.9 Å². The molecule has 0 aromatic carbocycles. The Morgan fingerprint density at radius 1 is 1.22 bits per heavy atom. The minimum Gasteiger partial charge on any atom is -0.354 e. The van der Waals surface area contributed by atoms with E-state index in [1.165, 1.54) is 0 Å². The summed E-state index contributed by atoms with van der Waals surface area (Å²) >= 11 is 3.42. The third kappa shape index (κ3) is 3.18. The van der Waals surface area contributed by atoms with Crippen molar-refractivity contribution in [2.24, 2.45) is 0 Å². The Morgan fingerprint density at radius 3 is 1.56 bits per heavy atom. The first-order chi connectivity index (χ1) is 4.02. The van der Waals surface area contributed by atoms with Crippen LogP contribution in [-0.4, -0.2) is 24.8 Å². The van der Waals surface area contributed by atoms with E-state index in [1.807, 2.05) is 13.8 Å². The molecular formula is C6H13BrO2. The minimum atomic E-state index is -0.183. The number of hydrogen-bond donors (Lipinski definition) is 0. The lowest BCUT2D eigenvalue weighted by molar-refractivity contribution is -0.116. The number of rotatable bonds is 3. The summed E-state index contributed by atoms with van der Waals surface area (Å²) in [6.07, 6.45) is -0.183. The van der Waals surface area contributed by atoms with Gasteiger partial charge in [0.2, 0.25) is 0 Å². The summed E-state index contributed by atoms with van der Waals surface area (Å²) in [5.74, 6) is 0. The molecule has 0 N–H and O–H groups in total. The van der Waals surface area contributed by atoms with Gasteiger partial charge in [-0.25, -0.2) is 0 Å². The van der Waals surface area contributed by atoms with Gasteiger partial charge in [0, 0.05) is 14.2 Å². The van der Waals surface area contributed by atoms with Crippen LogP contribution in [0.3, 0.4) is 0 Å². The largest absolute Gasteiger partial charge is 0.354 e. The Bertz CT molecular complexity index is 73.6. The average molecular weight is 197 g/mol. The molecule has 0 atom stereocenters. The number of hydrogen-bond acceptors (Lipinski definition) is 2. The fourth-order valence-electron chi connectivity index (χ4n) is 0.657. The van der Waals surface area contributed by atoms with Crippen LogP contribution < -0.4 is 0 Å². The fraction of sp³-hybridized carbons (Fsp3) is 1.00. The maximum atomic E-state index is 4.99. The van der Waals surface area contributed by atoms with E-state index in [0.29, 0.717) is 0 Å². The molecule has 0 unspecified atom stereocenters. The Balaban J connectivity index is 3.79. The highest BCUT2D eigenvalue weighted by Crippen LogP contribution is 2.22. The zero-order valence-corrected chi connectivity index (χ0v) is 7.86. The van der Waals surface area contributed by atoms with E-state index >= 15 is 0 Å². The summed E-state index contributed by atoms with van der Waals surface area (Å²) in [6, 6.07) is 0. The van der Waals surface area contributed by atoms with Crippen molar-refractivity contribution in [2.45, 2.75) is 24.5 Å². The van der Waals surface area contributed by atoms with Gasteiger partial charge in [-0.05, 0) is 13.8 Å². The van der Waals surface area contributed by atoms with Gasteiger partial charge in [-0.2, -0.15) is 0 Å². The molecule has 0 amide bonds. The lowest BCUT2D eigenvalue weighted by Crippen LogP contribution is -2.33. The summed E-state index contributed by atoms with van der Waals surface area (Å²) in [5, 5.41) is 0. The molecule has 0 spiro atoms. The first-order valence-electron chi connectivity index (χ1n) is 2.77. The smallest absolute Gasteiger partial charge is 0.171 e. The van der Waals surface area contributed by atoms with Gasteiger partial charge in [0.15, 0.2) is 6.29 Å². The van der Waals surface area contributed by atoms with E-state index in [4.69, 9.17) is 9.47 Å². The molecule has 0 saturated carbocycles. The molecule has 56 valence electrons. The summed E-state index contributed by atoms with van der Waals surface area (Å²) in [7, 11) is 3.24. The van der Waals surface area contributed by atoms with E-state index in [2.05, 4.69) is 15.9 Å². The zero-order chi connectivity index (χ0) is 7.49. The van der Waals surface area contributed by atoms with Crippen LogP contribution in [0, 0.1) is 0 Å². The van der Waals surface area contributed by atoms with Gasteiger partial charge >= 0.3 is 0 Å². The number of ether oxygens (including phenoxy) is 2. The third-order valence-corrected chi connectivity index (χ3v) is 1.36. The first kappa shape index (κ1) is 9.40. The van der Waals surface area contributed by atoms with E-state index in [9.17, 15) is 0 Å². The molecule has 0 aromatic rings. The van der Waals surface area contributed by atoms with Gasteiger partial charge in [-0.3, -0.25) is 0 Å². The van der Waals surface area contributed by atoms with Crippen LogP contribution in [-0.2, 0) is 9.47 Å². The molecule has 0 saturated heterocycles. The SMILES string of the molecule is COC(OC)C(C)(C)Br. The quantitative estimate of drug-likeness (QED) is 0.507. The molecule has 0 aliphatic carbocycles. The second kappa shape index (κ2) is 3.54. The van der Waals surface area contributed by atoms with Gasteiger partial charge < -0.3 is 9.47 Å². The third-order valence-electron chi connectivity index (χ3n) is 0.989. The van der Waals surface area contributed by atoms with E-state index in [0.717, 1.165) is 0 Å². The van der Waals surface area contributed by atoms with Crippen LogP contribution in [0.5, 0.6) is 0 Å². The van der Waals surface area contributed by atoms with Crippen molar-refractivity contribution in [3.8, 4) is 0 Å². The number of methoxy groups -OCH3 is 2. The van der Waals surface area contributed by atoms with Gasteiger partial charge in [0.05, 0.1) is 4.32 Å². The highest BCUT2D eigenvalue weighted by atomic mass is 79.9. The van der Waals surface area contributed by atoms with Crippen molar-refractivity contribution >= 4 is 15.9 Å². The van der Waals surface area contributed by atoms with Crippen molar-refractivity contribution in [1.29, 1.82) is 0 Å². The van der Waals surface area contributed by atoms with E-state index < -0.39 is 0 Å². The standard InChI is InChI=1S/C6H13BrO2/c1-6(2,7)5(8-3)9-4/h5H,1-4H3. The molecule has 0 fully saturated rings. The Morgan fingerprint density at radius 2 is 1.56 bits per heavy atom. The maximum absolute atomic E-state index is 4.99. The molecule has 0 aromatic heterocycles.